The van der Waals surface area contributed by atoms with E-state index >= 15 is 0 Å². The summed E-state index contributed by atoms with van der Waals surface area (Å²) in [5.41, 5.74) is -0.394. The van der Waals surface area contributed by atoms with Gasteiger partial charge in [0.1, 0.15) is 11.5 Å². The maximum atomic E-state index is 12.6. The first kappa shape index (κ1) is 14.9. The highest BCUT2D eigenvalue weighted by Crippen LogP contribution is 2.28. The SMILES string of the molecule is Cc1ccnc2nc(C(=O)Nc3cccc(C(F)(F)F)n3)nn12. The van der Waals surface area contributed by atoms with Gasteiger partial charge in [0.15, 0.2) is 0 Å². The summed E-state index contributed by atoms with van der Waals surface area (Å²) in [6.45, 7) is 1.75. The summed E-state index contributed by atoms with van der Waals surface area (Å²) < 4.78 is 39.2. The maximum absolute atomic E-state index is 12.6. The topological polar surface area (TPSA) is 85.1 Å². The fraction of sp³-hybridized carbons (Fsp3) is 0.154. The Labute approximate surface area is 127 Å². The van der Waals surface area contributed by atoms with Crippen LogP contribution in [0.4, 0.5) is 19.0 Å². The molecule has 0 saturated heterocycles. The number of rotatable bonds is 2. The highest BCUT2D eigenvalue weighted by molar-refractivity contribution is 6.01. The number of fused-ring (bicyclic) bond motifs is 1. The van der Waals surface area contributed by atoms with Crippen LogP contribution in [0.25, 0.3) is 5.78 Å². The van der Waals surface area contributed by atoms with E-state index in [0.717, 1.165) is 12.1 Å². The molecular formula is C13H9F3N6O. The van der Waals surface area contributed by atoms with Crippen LogP contribution in [0.2, 0.25) is 0 Å². The zero-order valence-electron chi connectivity index (χ0n) is 11.7. The Kier molecular flexibility index (Phi) is 3.43. The third-order valence-electron chi connectivity index (χ3n) is 2.91. The number of aromatic nitrogens is 5. The van der Waals surface area contributed by atoms with Crippen molar-refractivity contribution in [1.82, 2.24) is 24.6 Å². The summed E-state index contributed by atoms with van der Waals surface area (Å²) >= 11 is 0. The lowest BCUT2D eigenvalue weighted by atomic mass is 10.3. The minimum absolute atomic E-state index is 0.215. The second-order valence-electron chi connectivity index (χ2n) is 4.59. The summed E-state index contributed by atoms with van der Waals surface area (Å²) in [7, 11) is 0. The van der Waals surface area contributed by atoms with Crippen molar-refractivity contribution in [2.45, 2.75) is 13.1 Å². The minimum atomic E-state index is -4.59. The third-order valence-corrected chi connectivity index (χ3v) is 2.91. The lowest BCUT2D eigenvalue weighted by Crippen LogP contribution is -2.16. The number of carbonyl (C=O) groups is 1. The molecule has 0 radical (unpaired) electrons. The number of anilines is 1. The molecule has 0 atom stereocenters. The monoisotopic (exact) mass is 322 g/mol. The highest BCUT2D eigenvalue weighted by atomic mass is 19.4. The molecule has 7 nitrogen and oxygen atoms in total. The van der Waals surface area contributed by atoms with Gasteiger partial charge in [-0.2, -0.15) is 18.2 Å². The van der Waals surface area contributed by atoms with Crippen LogP contribution >= 0.6 is 0 Å². The molecular weight excluding hydrogens is 313 g/mol. The Morgan fingerprint density at radius 1 is 1.22 bits per heavy atom. The van der Waals surface area contributed by atoms with E-state index in [2.05, 4.69) is 25.4 Å². The number of amides is 1. The second-order valence-corrected chi connectivity index (χ2v) is 4.59. The number of hydrogen-bond acceptors (Lipinski definition) is 5. The Bertz CT molecular complexity index is 889. The number of halogens is 3. The van der Waals surface area contributed by atoms with Crippen molar-refractivity contribution in [3.63, 3.8) is 0 Å². The summed E-state index contributed by atoms with van der Waals surface area (Å²) in [6, 6.07) is 4.88. The highest BCUT2D eigenvalue weighted by Gasteiger charge is 2.32. The minimum Gasteiger partial charge on any atom is -0.304 e. The van der Waals surface area contributed by atoms with Gasteiger partial charge in [0.05, 0.1) is 0 Å². The molecule has 0 fully saturated rings. The average Bonchev–Trinajstić information content (AvgIpc) is 2.92. The molecule has 3 aromatic heterocycles. The van der Waals surface area contributed by atoms with Crippen molar-refractivity contribution in [3.05, 3.63) is 47.7 Å². The lowest BCUT2D eigenvalue weighted by Gasteiger charge is -2.07. The van der Waals surface area contributed by atoms with Crippen LogP contribution in [0.3, 0.4) is 0 Å². The number of alkyl halides is 3. The zero-order valence-corrected chi connectivity index (χ0v) is 11.7. The third kappa shape index (κ3) is 2.96. The van der Waals surface area contributed by atoms with E-state index in [0.29, 0.717) is 5.69 Å². The predicted molar refractivity (Wildman–Crippen MR) is 72.7 cm³/mol. The molecule has 23 heavy (non-hydrogen) atoms. The molecule has 118 valence electrons. The van der Waals surface area contributed by atoms with Crippen molar-refractivity contribution in [2.75, 3.05) is 5.32 Å². The summed E-state index contributed by atoms with van der Waals surface area (Å²) in [5, 5.41) is 6.20. The van der Waals surface area contributed by atoms with Crippen LogP contribution in [0.5, 0.6) is 0 Å². The molecule has 0 aliphatic rings. The van der Waals surface area contributed by atoms with E-state index in [-0.39, 0.29) is 17.4 Å². The maximum Gasteiger partial charge on any atom is 0.433 e. The molecule has 0 aromatic carbocycles. The smallest absolute Gasteiger partial charge is 0.304 e. The van der Waals surface area contributed by atoms with Crippen molar-refractivity contribution in [3.8, 4) is 0 Å². The van der Waals surface area contributed by atoms with Crippen molar-refractivity contribution in [1.29, 1.82) is 0 Å². The van der Waals surface area contributed by atoms with Crippen molar-refractivity contribution >= 4 is 17.5 Å². The van der Waals surface area contributed by atoms with Crippen molar-refractivity contribution in [2.24, 2.45) is 0 Å². The molecule has 1 N–H and O–H groups in total. The van der Waals surface area contributed by atoms with Gasteiger partial charge in [-0.1, -0.05) is 6.07 Å². The summed E-state index contributed by atoms with van der Waals surface area (Å²) in [6.07, 6.45) is -3.08. The normalized spacial score (nSPS) is 11.7. The van der Waals surface area contributed by atoms with Gasteiger partial charge in [-0.15, -0.1) is 5.10 Å². The first-order valence-corrected chi connectivity index (χ1v) is 6.38. The molecule has 0 aliphatic heterocycles. The fourth-order valence-corrected chi connectivity index (χ4v) is 1.84. The first-order valence-electron chi connectivity index (χ1n) is 6.38. The van der Waals surface area contributed by atoms with Crippen molar-refractivity contribution < 1.29 is 18.0 Å². The fourth-order valence-electron chi connectivity index (χ4n) is 1.84. The summed E-state index contributed by atoms with van der Waals surface area (Å²) in [4.78, 5) is 23.3. The van der Waals surface area contributed by atoms with E-state index in [1.165, 1.54) is 16.8 Å². The molecule has 0 aliphatic carbocycles. The van der Waals surface area contributed by atoms with Crippen LogP contribution in [-0.4, -0.2) is 30.5 Å². The van der Waals surface area contributed by atoms with Crippen LogP contribution in [0.15, 0.2) is 30.5 Å². The Morgan fingerprint density at radius 2 is 2.00 bits per heavy atom. The number of nitrogens with zero attached hydrogens (tertiary/aromatic N) is 5. The molecule has 0 saturated carbocycles. The molecule has 10 heteroatoms. The standard InChI is InChI=1S/C13H9F3N6O/c1-7-5-6-17-12-20-10(21-22(7)12)11(23)19-9-4-2-3-8(18-9)13(14,15)16/h2-6H,1H3,(H,18,19,23). The van der Waals surface area contributed by atoms with Crippen LogP contribution in [0, 0.1) is 6.92 Å². The number of carbonyl (C=O) groups excluding carboxylic acids is 1. The van der Waals surface area contributed by atoms with Gasteiger partial charge in [0.25, 0.3) is 11.7 Å². The molecule has 3 aromatic rings. The van der Waals surface area contributed by atoms with Gasteiger partial charge < -0.3 is 5.32 Å². The van der Waals surface area contributed by atoms with E-state index in [9.17, 15) is 18.0 Å². The lowest BCUT2D eigenvalue weighted by molar-refractivity contribution is -0.141. The van der Waals surface area contributed by atoms with Gasteiger partial charge in [-0.3, -0.25) is 4.79 Å². The van der Waals surface area contributed by atoms with Gasteiger partial charge >= 0.3 is 6.18 Å². The Morgan fingerprint density at radius 3 is 2.70 bits per heavy atom. The average molecular weight is 322 g/mol. The van der Waals surface area contributed by atoms with Gasteiger partial charge in [-0.05, 0) is 25.1 Å². The van der Waals surface area contributed by atoms with E-state index in [1.807, 2.05) is 0 Å². The van der Waals surface area contributed by atoms with Crippen LogP contribution in [0.1, 0.15) is 22.0 Å². The molecule has 0 spiro atoms. The Hall–Kier alpha value is -3.04. The molecule has 0 unspecified atom stereocenters. The summed E-state index contributed by atoms with van der Waals surface area (Å²) in [5.74, 6) is -1.02. The van der Waals surface area contributed by atoms with Crippen LogP contribution < -0.4 is 5.32 Å². The molecule has 0 bridgehead atoms. The van der Waals surface area contributed by atoms with Gasteiger partial charge in [0.2, 0.25) is 5.82 Å². The molecule has 3 heterocycles. The van der Waals surface area contributed by atoms with Gasteiger partial charge in [0, 0.05) is 11.9 Å². The van der Waals surface area contributed by atoms with Crippen LogP contribution in [-0.2, 0) is 6.18 Å². The quantitative estimate of drug-likeness (QED) is 0.781. The predicted octanol–water partition coefficient (Wildman–Crippen LogP) is 2.10. The van der Waals surface area contributed by atoms with E-state index in [1.54, 1.807) is 13.0 Å². The van der Waals surface area contributed by atoms with E-state index in [4.69, 9.17) is 0 Å². The van der Waals surface area contributed by atoms with E-state index < -0.39 is 17.8 Å². The zero-order chi connectivity index (χ0) is 16.6. The molecule has 1 amide bonds. The molecule has 3 rings (SSSR count). The number of aryl methyl sites for hydroxylation is 1. The number of nitrogens with one attached hydrogen (secondary N) is 1. The number of hydrogen-bond donors (Lipinski definition) is 1. The van der Waals surface area contributed by atoms with Gasteiger partial charge in [-0.25, -0.2) is 14.5 Å². The number of pyridine rings is 1. The Balaban J connectivity index is 1.87. The second kappa shape index (κ2) is 5.30. The first-order chi connectivity index (χ1) is 10.8. The largest absolute Gasteiger partial charge is 0.433 e.